The van der Waals surface area contributed by atoms with Crippen LogP contribution in [0.1, 0.15) is 30.7 Å². The lowest BCUT2D eigenvalue weighted by Crippen LogP contribution is -2.43. The van der Waals surface area contributed by atoms with E-state index in [-0.39, 0.29) is 5.92 Å². The van der Waals surface area contributed by atoms with E-state index in [0.29, 0.717) is 27.8 Å². The molecule has 22 heavy (non-hydrogen) atoms. The minimum absolute atomic E-state index is 0.130. The molecule has 5 heteroatoms. The van der Waals surface area contributed by atoms with Crippen LogP contribution in [-0.2, 0) is 4.79 Å². The molecule has 1 heterocycles. The van der Waals surface area contributed by atoms with Gasteiger partial charge in [-0.05, 0) is 62.4 Å². The highest BCUT2D eigenvalue weighted by Crippen LogP contribution is 2.49. The first-order valence-electron chi connectivity index (χ1n) is 7.98. The Bertz CT molecular complexity index is 562. The van der Waals surface area contributed by atoms with Crippen molar-refractivity contribution in [1.29, 1.82) is 0 Å². The first-order valence-corrected chi connectivity index (χ1v) is 8.74. The van der Waals surface area contributed by atoms with Gasteiger partial charge in [-0.2, -0.15) is 0 Å². The molecule has 2 fully saturated rings. The summed E-state index contributed by atoms with van der Waals surface area (Å²) in [5, 5.41) is 4.37. The van der Waals surface area contributed by atoms with Gasteiger partial charge in [0.15, 0.2) is 0 Å². The molecule has 1 saturated carbocycles. The molecule has 120 valence electrons. The van der Waals surface area contributed by atoms with Crippen molar-refractivity contribution in [2.24, 2.45) is 11.8 Å². The summed E-state index contributed by atoms with van der Waals surface area (Å²) in [5.74, 6) is 1.35. The SMILES string of the molecule is CNCC1CCCN(C(=O)C2CC2c2ccc(Cl)c(Cl)c2)C1. The second-order valence-electron chi connectivity index (χ2n) is 6.47. The van der Waals surface area contributed by atoms with E-state index < -0.39 is 0 Å². The summed E-state index contributed by atoms with van der Waals surface area (Å²) in [7, 11) is 1.97. The Kier molecular flexibility index (Phi) is 4.96. The second kappa shape index (κ2) is 6.77. The van der Waals surface area contributed by atoms with Gasteiger partial charge < -0.3 is 10.2 Å². The predicted octanol–water partition coefficient (Wildman–Crippen LogP) is 3.55. The topological polar surface area (TPSA) is 32.3 Å². The number of carbonyl (C=O) groups is 1. The highest BCUT2D eigenvalue weighted by molar-refractivity contribution is 6.42. The van der Waals surface area contributed by atoms with Crippen molar-refractivity contribution in [2.45, 2.75) is 25.2 Å². The molecule has 3 unspecified atom stereocenters. The Morgan fingerprint density at radius 3 is 2.91 bits per heavy atom. The highest BCUT2D eigenvalue weighted by atomic mass is 35.5. The number of hydrogen-bond acceptors (Lipinski definition) is 2. The smallest absolute Gasteiger partial charge is 0.226 e. The molecule has 1 aromatic rings. The van der Waals surface area contributed by atoms with Gasteiger partial charge in [0.2, 0.25) is 5.91 Å². The summed E-state index contributed by atoms with van der Waals surface area (Å²) in [6.07, 6.45) is 3.26. The molecule has 2 aliphatic rings. The fraction of sp³-hybridized carbons (Fsp3) is 0.588. The maximum Gasteiger partial charge on any atom is 0.226 e. The molecule has 0 radical (unpaired) electrons. The van der Waals surface area contributed by atoms with Gasteiger partial charge >= 0.3 is 0 Å². The fourth-order valence-corrected chi connectivity index (χ4v) is 3.84. The van der Waals surface area contributed by atoms with E-state index in [9.17, 15) is 4.79 Å². The van der Waals surface area contributed by atoms with Crippen molar-refractivity contribution in [3.05, 3.63) is 33.8 Å². The zero-order valence-electron chi connectivity index (χ0n) is 12.8. The Balaban J connectivity index is 1.61. The second-order valence-corrected chi connectivity index (χ2v) is 7.29. The lowest BCUT2D eigenvalue weighted by Gasteiger charge is -2.33. The maximum atomic E-state index is 12.7. The van der Waals surface area contributed by atoms with Gasteiger partial charge in [0.1, 0.15) is 0 Å². The van der Waals surface area contributed by atoms with Crippen molar-refractivity contribution in [3.63, 3.8) is 0 Å². The monoisotopic (exact) mass is 340 g/mol. The standard InChI is InChI=1S/C17H22Cl2N2O/c1-20-9-11-3-2-6-21(10-11)17(22)14-8-13(14)12-4-5-15(18)16(19)7-12/h4-5,7,11,13-14,20H,2-3,6,8-10H2,1H3. The van der Waals surface area contributed by atoms with Crippen molar-refractivity contribution in [3.8, 4) is 0 Å². The summed E-state index contributed by atoms with van der Waals surface area (Å²) >= 11 is 12.0. The minimum atomic E-state index is 0.130. The van der Waals surface area contributed by atoms with E-state index in [1.54, 1.807) is 0 Å². The van der Waals surface area contributed by atoms with Crippen LogP contribution in [0.2, 0.25) is 10.0 Å². The molecule has 1 saturated heterocycles. The van der Waals surface area contributed by atoms with Crippen LogP contribution in [0.5, 0.6) is 0 Å². The highest BCUT2D eigenvalue weighted by Gasteiger charge is 2.46. The molecule has 0 spiro atoms. The van der Waals surface area contributed by atoms with E-state index in [4.69, 9.17) is 23.2 Å². The van der Waals surface area contributed by atoms with Crippen LogP contribution in [0.25, 0.3) is 0 Å². The number of amides is 1. The van der Waals surface area contributed by atoms with Crippen LogP contribution in [0.4, 0.5) is 0 Å². The van der Waals surface area contributed by atoms with Gasteiger partial charge in [0, 0.05) is 19.0 Å². The Hall–Kier alpha value is -0.770. The Morgan fingerprint density at radius 1 is 1.36 bits per heavy atom. The molecular formula is C17H22Cl2N2O. The summed E-state index contributed by atoms with van der Waals surface area (Å²) in [6.45, 7) is 2.79. The fourth-order valence-electron chi connectivity index (χ4n) is 3.53. The summed E-state index contributed by atoms with van der Waals surface area (Å²) in [4.78, 5) is 14.8. The lowest BCUT2D eigenvalue weighted by atomic mass is 9.97. The largest absolute Gasteiger partial charge is 0.342 e. The number of likely N-dealkylation sites (tertiary alicyclic amines) is 1. The van der Waals surface area contributed by atoms with Crippen molar-refractivity contribution < 1.29 is 4.79 Å². The number of carbonyl (C=O) groups excluding carboxylic acids is 1. The molecule has 3 nitrogen and oxygen atoms in total. The third-order valence-corrected chi connectivity index (χ3v) is 5.54. The van der Waals surface area contributed by atoms with Crippen LogP contribution in [0, 0.1) is 11.8 Å². The van der Waals surface area contributed by atoms with Crippen LogP contribution < -0.4 is 5.32 Å². The third-order valence-electron chi connectivity index (χ3n) is 4.80. The van der Waals surface area contributed by atoms with Gasteiger partial charge in [-0.1, -0.05) is 29.3 Å². The summed E-state index contributed by atoms with van der Waals surface area (Å²) < 4.78 is 0. The Morgan fingerprint density at radius 2 is 2.18 bits per heavy atom. The van der Waals surface area contributed by atoms with E-state index in [1.165, 1.54) is 6.42 Å². The number of halogens is 2. The van der Waals surface area contributed by atoms with Crippen LogP contribution >= 0.6 is 23.2 Å². The van der Waals surface area contributed by atoms with E-state index in [0.717, 1.165) is 38.0 Å². The number of nitrogens with zero attached hydrogens (tertiary/aromatic N) is 1. The lowest BCUT2D eigenvalue weighted by molar-refractivity contribution is -0.134. The van der Waals surface area contributed by atoms with Crippen LogP contribution in [0.3, 0.4) is 0 Å². The first kappa shape index (κ1) is 16.1. The van der Waals surface area contributed by atoms with Crippen LogP contribution in [0.15, 0.2) is 18.2 Å². The molecule has 1 N–H and O–H groups in total. The van der Waals surface area contributed by atoms with Crippen molar-refractivity contribution in [2.75, 3.05) is 26.7 Å². The number of hydrogen-bond donors (Lipinski definition) is 1. The summed E-state index contributed by atoms with van der Waals surface area (Å²) in [5.41, 5.74) is 1.14. The molecule has 3 atom stereocenters. The average Bonchev–Trinajstić information content (AvgIpc) is 3.30. The number of nitrogens with one attached hydrogen (secondary N) is 1. The van der Waals surface area contributed by atoms with E-state index >= 15 is 0 Å². The van der Waals surface area contributed by atoms with Gasteiger partial charge in [0.05, 0.1) is 10.0 Å². The van der Waals surface area contributed by atoms with Gasteiger partial charge in [-0.3, -0.25) is 4.79 Å². The molecular weight excluding hydrogens is 319 g/mol. The van der Waals surface area contributed by atoms with Crippen molar-refractivity contribution in [1.82, 2.24) is 10.2 Å². The molecule has 1 aliphatic carbocycles. The summed E-state index contributed by atoms with van der Waals surface area (Å²) in [6, 6.07) is 5.72. The number of benzene rings is 1. The van der Waals surface area contributed by atoms with E-state index in [2.05, 4.69) is 10.2 Å². The molecule has 3 rings (SSSR count). The normalized spacial score (nSPS) is 27.8. The molecule has 0 bridgehead atoms. The van der Waals surface area contributed by atoms with Gasteiger partial charge in [0.25, 0.3) is 0 Å². The Labute approximate surface area is 142 Å². The third kappa shape index (κ3) is 3.42. The molecule has 1 aliphatic heterocycles. The average molecular weight is 341 g/mol. The quantitative estimate of drug-likeness (QED) is 0.908. The van der Waals surface area contributed by atoms with Gasteiger partial charge in [-0.15, -0.1) is 0 Å². The zero-order chi connectivity index (χ0) is 15.7. The maximum absolute atomic E-state index is 12.7. The first-order chi connectivity index (χ1) is 10.6. The number of rotatable bonds is 4. The van der Waals surface area contributed by atoms with Crippen LogP contribution in [-0.4, -0.2) is 37.5 Å². The van der Waals surface area contributed by atoms with Crippen molar-refractivity contribution >= 4 is 29.1 Å². The molecule has 0 aromatic heterocycles. The molecule has 1 aromatic carbocycles. The minimum Gasteiger partial charge on any atom is -0.342 e. The van der Waals surface area contributed by atoms with Gasteiger partial charge in [-0.25, -0.2) is 0 Å². The number of piperidine rings is 1. The predicted molar refractivity (Wildman–Crippen MR) is 90.5 cm³/mol. The van der Waals surface area contributed by atoms with E-state index in [1.807, 2.05) is 25.2 Å². The molecule has 1 amide bonds. The zero-order valence-corrected chi connectivity index (χ0v) is 14.3.